The van der Waals surface area contributed by atoms with Crippen molar-refractivity contribution >= 4 is 15.5 Å². The van der Waals surface area contributed by atoms with Gasteiger partial charge in [-0.05, 0) is 55.7 Å². The Labute approximate surface area is 143 Å². The summed E-state index contributed by atoms with van der Waals surface area (Å²) >= 11 is 0. The third kappa shape index (κ3) is 3.29. The average Bonchev–Trinajstić information content (AvgIpc) is 3.04. The highest BCUT2D eigenvalue weighted by Gasteiger charge is 2.24. The van der Waals surface area contributed by atoms with Gasteiger partial charge in [-0.15, -0.1) is 0 Å². The zero-order valence-electron chi connectivity index (χ0n) is 13.6. The fraction of sp³-hybridized carbons (Fsp3) is 0.316. The Kier molecular flexibility index (Phi) is 4.59. The van der Waals surface area contributed by atoms with Gasteiger partial charge in [0.2, 0.25) is 0 Å². The Morgan fingerprint density at radius 2 is 1.88 bits per heavy atom. The van der Waals surface area contributed by atoms with E-state index in [1.807, 2.05) is 18.2 Å². The van der Waals surface area contributed by atoms with Gasteiger partial charge in [0.1, 0.15) is 0 Å². The van der Waals surface area contributed by atoms with E-state index < -0.39 is 9.84 Å². The highest BCUT2D eigenvalue weighted by Crippen LogP contribution is 2.30. The molecule has 0 aliphatic carbocycles. The van der Waals surface area contributed by atoms with E-state index in [-0.39, 0.29) is 16.7 Å². The molecule has 0 bridgehead atoms. The van der Waals surface area contributed by atoms with Crippen LogP contribution in [0.25, 0.3) is 0 Å². The van der Waals surface area contributed by atoms with Gasteiger partial charge in [-0.2, -0.15) is 5.26 Å². The van der Waals surface area contributed by atoms with E-state index in [9.17, 15) is 8.42 Å². The van der Waals surface area contributed by atoms with Gasteiger partial charge >= 0.3 is 0 Å². The lowest BCUT2D eigenvalue weighted by Crippen LogP contribution is -2.32. The maximum Gasteiger partial charge on any atom is 0.178 e. The molecular weight excluding hydrogens is 320 g/mol. The molecule has 0 spiro atoms. The lowest BCUT2D eigenvalue weighted by Gasteiger charge is -2.27. The molecule has 0 saturated heterocycles. The van der Waals surface area contributed by atoms with Crippen LogP contribution in [-0.4, -0.2) is 26.8 Å². The minimum absolute atomic E-state index is 0.110. The standard InChI is InChI=1S/C19H20N2O2S/c1-15(21-12-10-17-4-2-3-5-19(17)21)11-13-24(22,23)18-8-6-16(14-20)7-9-18/h2-9,15H,10-13H2,1H3. The molecule has 4 nitrogen and oxygen atoms in total. The summed E-state index contributed by atoms with van der Waals surface area (Å²) in [4.78, 5) is 2.58. The summed E-state index contributed by atoms with van der Waals surface area (Å²) in [6, 6.07) is 16.6. The second-order valence-corrected chi connectivity index (χ2v) is 8.27. The van der Waals surface area contributed by atoms with Crippen LogP contribution in [0, 0.1) is 11.3 Å². The van der Waals surface area contributed by atoms with Crippen LogP contribution in [0.4, 0.5) is 5.69 Å². The largest absolute Gasteiger partial charge is 0.368 e. The lowest BCUT2D eigenvalue weighted by molar-refractivity contribution is 0.580. The molecule has 0 amide bonds. The number of hydrogen-bond donors (Lipinski definition) is 0. The fourth-order valence-electron chi connectivity index (χ4n) is 3.16. The Morgan fingerprint density at radius 3 is 2.58 bits per heavy atom. The minimum Gasteiger partial charge on any atom is -0.368 e. The Hall–Kier alpha value is -2.32. The summed E-state index contributed by atoms with van der Waals surface area (Å²) in [5.74, 6) is 0.110. The monoisotopic (exact) mass is 340 g/mol. The molecule has 2 aromatic rings. The van der Waals surface area contributed by atoms with Crippen LogP contribution in [0.5, 0.6) is 0 Å². The summed E-state index contributed by atoms with van der Waals surface area (Å²) in [6.45, 7) is 3.02. The topological polar surface area (TPSA) is 61.2 Å². The van der Waals surface area contributed by atoms with E-state index in [2.05, 4.69) is 24.0 Å². The van der Waals surface area contributed by atoms with Crippen molar-refractivity contribution in [3.63, 3.8) is 0 Å². The maximum atomic E-state index is 12.5. The van der Waals surface area contributed by atoms with Crippen molar-refractivity contribution in [2.75, 3.05) is 17.2 Å². The first-order valence-corrected chi connectivity index (χ1v) is 9.74. The second kappa shape index (κ2) is 6.66. The van der Waals surface area contributed by atoms with E-state index in [1.165, 1.54) is 23.4 Å². The number of rotatable bonds is 5. The van der Waals surface area contributed by atoms with Gasteiger partial charge in [0.05, 0.1) is 22.3 Å². The van der Waals surface area contributed by atoms with Crippen LogP contribution in [0.1, 0.15) is 24.5 Å². The number of nitrogens with zero attached hydrogens (tertiary/aromatic N) is 2. The molecule has 124 valence electrons. The molecule has 3 rings (SSSR count). The molecule has 0 radical (unpaired) electrons. The van der Waals surface area contributed by atoms with Crippen LogP contribution in [0.15, 0.2) is 53.4 Å². The molecule has 1 unspecified atom stereocenters. The van der Waals surface area contributed by atoms with E-state index >= 15 is 0 Å². The molecule has 24 heavy (non-hydrogen) atoms. The highest BCUT2D eigenvalue weighted by molar-refractivity contribution is 7.91. The average molecular weight is 340 g/mol. The predicted molar refractivity (Wildman–Crippen MR) is 94.8 cm³/mol. The number of fused-ring (bicyclic) bond motifs is 1. The van der Waals surface area contributed by atoms with Crippen LogP contribution in [0.2, 0.25) is 0 Å². The van der Waals surface area contributed by atoms with E-state index in [0.717, 1.165) is 13.0 Å². The molecule has 1 heterocycles. The molecule has 0 N–H and O–H groups in total. The molecule has 1 atom stereocenters. The Bertz CT molecular complexity index is 867. The molecule has 1 aliphatic rings. The summed E-state index contributed by atoms with van der Waals surface area (Å²) in [7, 11) is -3.32. The van der Waals surface area contributed by atoms with E-state index in [4.69, 9.17) is 5.26 Å². The fourth-order valence-corrected chi connectivity index (χ4v) is 4.60. The predicted octanol–water partition coefficient (Wildman–Crippen LogP) is 3.17. The van der Waals surface area contributed by atoms with Gasteiger partial charge in [-0.1, -0.05) is 18.2 Å². The normalized spacial score (nSPS) is 14.9. The van der Waals surface area contributed by atoms with Crippen molar-refractivity contribution in [3.05, 3.63) is 59.7 Å². The number of hydrogen-bond acceptors (Lipinski definition) is 4. The zero-order valence-corrected chi connectivity index (χ0v) is 14.5. The molecule has 1 aliphatic heterocycles. The van der Waals surface area contributed by atoms with Gasteiger partial charge in [-0.25, -0.2) is 8.42 Å². The second-order valence-electron chi connectivity index (χ2n) is 6.16. The van der Waals surface area contributed by atoms with Gasteiger partial charge in [0.25, 0.3) is 0 Å². The first kappa shape index (κ1) is 16.5. The molecular formula is C19H20N2O2S. The van der Waals surface area contributed by atoms with Crippen molar-refractivity contribution in [1.82, 2.24) is 0 Å². The summed E-state index contributed by atoms with van der Waals surface area (Å²) in [6.07, 6.45) is 1.60. The Morgan fingerprint density at radius 1 is 1.17 bits per heavy atom. The van der Waals surface area contributed by atoms with E-state index in [0.29, 0.717) is 12.0 Å². The van der Waals surface area contributed by atoms with Crippen molar-refractivity contribution in [2.45, 2.75) is 30.7 Å². The van der Waals surface area contributed by atoms with Gasteiger partial charge < -0.3 is 4.90 Å². The van der Waals surface area contributed by atoms with Crippen molar-refractivity contribution in [3.8, 4) is 6.07 Å². The van der Waals surface area contributed by atoms with E-state index in [1.54, 1.807) is 12.1 Å². The number of para-hydroxylation sites is 1. The molecule has 5 heteroatoms. The van der Waals surface area contributed by atoms with Crippen molar-refractivity contribution in [2.24, 2.45) is 0 Å². The Balaban J connectivity index is 1.67. The summed E-state index contributed by atoms with van der Waals surface area (Å²) in [5.41, 5.74) is 3.02. The molecule has 0 fully saturated rings. The van der Waals surface area contributed by atoms with Crippen LogP contribution in [-0.2, 0) is 16.3 Å². The quantitative estimate of drug-likeness (QED) is 0.839. The lowest BCUT2D eigenvalue weighted by atomic mass is 10.1. The number of benzene rings is 2. The van der Waals surface area contributed by atoms with Gasteiger partial charge in [0.15, 0.2) is 9.84 Å². The SMILES string of the molecule is CC(CCS(=O)(=O)c1ccc(C#N)cc1)N1CCc2ccccc21. The van der Waals surface area contributed by atoms with Crippen molar-refractivity contribution < 1.29 is 8.42 Å². The number of anilines is 1. The minimum atomic E-state index is -3.32. The summed E-state index contributed by atoms with van der Waals surface area (Å²) in [5, 5.41) is 8.80. The molecule has 0 aromatic heterocycles. The first-order valence-electron chi connectivity index (χ1n) is 8.09. The number of sulfone groups is 1. The summed E-state index contributed by atoms with van der Waals surface area (Å²) < 4.78 is 25.0. The number of nitriles is 1. The molecule has 0 saturated carbocycles. The van der Waals surface area contributed by atoms with Crippen molar-refractivity contribution in [1.29, 1.82) is 5.26 Å². The third-order valence-corrected chi connectivity index (χ3v) is 6.37. The zero-order chi connectivity index (χ0) is 17.2. The smallest absolute Gasteiger partial charge is 0.178 e. The third-order valence-electron chi connectivity index (χ3n) is 4.60. The van der Waals surface area contributed by atoms with Crippen LogP contribution >= 0.6 is 0 Å². The van der Waals surface area contributed by atoms with Crippen LogP contribution < -0.4 is 4.90 Å². The maximum absolute atomic E-state index is 12.5. The first-order chi connectivity index (χ1) is 11.5. The van der Waals surface area contributed by atoms with Gasteiger partial charge in [-0.3, -0.25) is 0 Å². The van der Waals surface area contributed by atoms with Crippen LogP contribution in [0.3, 0.4) is 0 Å². The van der Waals surface area contributed by atoms with Gasteiger partial charge in [0, 0.05) is 18.3 Å². The molecule has 2 aromatic carbocycles. The highest BCUT2D eigenvalue weighted by atomic mass is 32.2.